The summed E-state index contributed by atoms with van der Waals surface area (Å²) in [6.45, 7) is 2.28. The zero-order chi connectivity index (χ0) is 10.5. The Morgan fingerprint density at radius 3 is 2.62 bits per heavy atom. The highest BCUT2D eigenvalue weighted by atomic mass is 14.9. The van der Waals surface area contributed by atoms with Gasteiger partial charge in [0.1, 0.15) is 0 Å². The third-order valence-electron chi connectivity index (χ3n) is 4.15. The summed E-state index contributed by atoms with van der Waals surface area (Å²) in [6, 6.07) is 4.62. The normalized spacial score (nSPS) is 28.0. The van der Waals surface area contributed by atoms with Gasteiger partial charge in [0.05, 0.1) is 17.4 Å². The first-order valence-electron chi connectivity index (χ1n) is 6.09. The summed E-state index contributed by atoms with van der Waals surface area (Å²) in [5, 5.41) is 3.57. The summed E-state index contributed by atoms with van der Waals surface area (Å²) in [5.74, 6) is 1.41. The van der Waals surface area contributed by atoms with Crippen LogP contribution in [0.3, 0.4) is 0 Å². The first-order chi connectivity index (χ1) is 7.92. The van der Waals surface area contributed by atoms with E-state index in [4.69, 9.17) is 0 Å². The van der Waals surface area contributed by atoms with Crippen LogP contribution < -0.4 is 5.32 Å². The smallest absolute Gasteiger partial charge is 0.0931 e. The van der Waals surface area contributed by atoms with Crippen molar-refractivity contribution in [1.82, 2.24) is 15.3 Å². The second kappa shape index (κ2) is 3.08. The summed E-state index contributed by atoms with van der Waals surface area (Å²) >= 11 is 0. The Labute approximate surface area is 94.3 Å². The lowest BCUT2D eigenvalue weighted by Gasteiger charge is -2.26. The first kappa shape index (κ1) is 8.76. The first-order valence-corrected chi connectivity index (χ1v) is 6.09. The molecule has 1 aromatic carbocycles. The standard InChI is InChI=1S/C13H15N3/c1-2-9-6-14-5-8(1)10-3-12-13(4-11(9)10)16-7-15-12/h3-4,7-9,14H,1-2,5-6H2,(H,15,16). The number of hydrogen-bond donors (Lipinski definition) is 2. The summed E-state index contributed by atoms with van der Waals surface area (Å²) in [5.41, 5.74) is 5.40. The van der Waals surface area contributed by atoms with Crippen LogP contribution in [0.5, 0.6) is 0 Å². The summed E-state index contributed by atoms with van der Waals surface area (Å²) in [6.07, 6.45) is 4.47. The SMILES string of the molecule is c1nc2cc3c(cc2[nH]1)C1CCC3CNC1. The van der Waals surface area contributed by atoms with Crippen molar-refractivity contribution >= 4 is 11.0 Å². The molecule has 3 heterocycles. The molecule has 0 amide bonds. The molecule has 3 aliphatic rings. The molecule has 0 saturated carbocycles. The lowest BCUT2D eigenvalue weighted by atomic mass is 9.78. The van der Waals surface area contributed by atoms with E-state index in [1.54, 1.807) is 17.5 Å². The van der Waals surface area contributed by atoms with Crippen LogP contribution in [0.15, 0.2) is 18.5 Å². The number of aromatic nitrogens is 2. The zero-order valence-corrected chi connectivity index (χ0v) is 9.16. The van der Waals surface area contributed by atoms with Gasteiger partial charge in [0.2, 0.25) is 0 Å². The van der Waals surface area contributed by atoms with E-state index in [9.17, 15) is 0 Å². The molecule has 2 unspecified atom stereocenters. The van der Waals surface area contributed by atoms with E-state index in [1.165, 1.54) is 18.4 Å². The number of rotatable bonds is 0. The van der Waals surface area contributed by atoms with Crippen molar-refractivity contribution in [1.29, 1.82) is 0 Å². The van der Waals surface area contributed by atoms with Crippen LogP contribution in [-0.4, -0.2) is 23.1 Å². The molecule has 2 N–H and O–H groups in total. The van der Waals surface area contributed by atoms with E-state index in [0.29, 0.717) is 11.8 Å². The number of benzene rings is 1. The Kier molecular flexibility index (Phi) is 1.68. The van der Waals surface area contributed by atoms with Crippen molar-refractivity contribution < 1.29 is 0 Å². The molecule has 3 heteroatoms. The number of nitrogens with zero attached hydrogens (tertiary/aromatic N) is 1. The molecule has 2 atom stereocenters. The quantitative estimate of drug-likeness (QED) is 0.703. The Balaban J connectivity index is 2.01. The third kappa shape index (κ3) is 1.09. The maximum Gasteiger partial charge on any atom is 0.0931 e. The second-order valence-corrected chi connectivity index (χ2v) is 5.03. The highest BCUT2D eigenvalue weighted by Crippen LogP contribution is 2.41. The van der Waals surface area contributed by atoms with Crippen molar-refractivity contribution in [2.45, 2.75) is 24.7 Å². The number of imidazole rings is 1. The number of hydrogen-bond acceptors (Lipinski definition) is 2. The molecule has 2 aromatic rings. The molecule has 2 bridgehead atoms. The minimum atomic E-state index is 0.704. The van der Waals surface area contributed by atoms with Crippen LogP contribution in [0.1, 0.15) is 35.8 Å². The predicted molar refractivity (Wildman–Crippen MR) is 63.7 cm³/mol. The van der Waals surface area contributed by atoms with Crippen molar-refractivity contribution in [3.8, 4) is 0 Å². The lowest BCUT2D eigenvalue weighted by molar-refractivity contribution is 0.550. The van der Waals surface area contributed by atoms with E-state index < -0.39 is 0 Å². The second-order valence-electron chi connectivity index (χ2n) is 5.03. The van der Waals surface area contributed by atoms with Gasteiger partial charge in [0.15, 0.2) is 0 Å². The van der Waals surface area contributed by atoms with Crippen LogP contribution in [0, 0.1) is 0 Å². The fraction of sp³-hybridized carbons (Fsp3) is 0.462. The van der Waals surface area contributed by atoms with E-state index in [1.807, 2.05) is 0 Å². The summed E-state index contributed by atoms with van der Waals surface area (Å²) < 4.78 is 0. The summed E-state index contributed by atoms with van der Waals surface area (Å²) in [7, 11) is 0. The Hall–Kier alpha value is -1.35. The van der Waals surface area contributed by atoms with Gasteiger partial charge in [-0.2, -0.15) is 0 Å². The maximum absolute atomic E-state index is 4.37. The van der Waals surface area contributed by atoms with Crippen molar-refractivity contribution in [2.24, 2.45) is 0 Å². The topological polar surface area (TPSA) is 40.7 Å². The Morgan fingerprint density at radius 2 is 1.81 bits per heavy atom. The molecule has 1 aliphatic carbocycles. The number of nitrogens with one attached hydrogen (secondary N) is 2. The van der Waals surface area contributed by atoms with Crippen LogP contribution in [-0.2, 0) is 0 Å². The average molecular weight is 213 g/mol. The van der Waals surface area contributed by atoms with Gasteiger partial charge < -0.3 is 10.3 Å². The molecule has 0 radical (unpaired) electrons. The van der Waals surface area contributed by atoms with Crippen LogP contribution in [0.2, 0.25) is 0 Å². The maximum atomic E-state index is 4.37. The largest absolute Gasteiger partial charge is 0.345 e. The highest BCUT2D eigenvalue weighted by molar-refractivity contribution is 5.77. The van der Waals surface area contributed by atoms with E-state index in [-0.39, 0.29) is 0 Å². The monoisotopic (exact) mass is 213 g/mol. The van der Waals surface area contributed by atoms with Crippen molar-refractivity contribution in [2.75, 3.05) is 13.1 Å². The Bertz CT molecular complexity index is 493. The molecule has 0 spiro atoms. The van der Waals surface area contributed by atoms with Gasteiger partial charge in [0.25, 0.3) is 0 Å². The fourth-order valence-electron chi connectivity index (χ4n) is 3.29. The van der Waals surface area contributed by atoms with Crippen molar-refractivity contribution in [3.05, 3.63) is 29.6 Å². The molecule has 82 valence electrons. The molecular weight excluding hydrogens is 198 g/mol. The number of H-pyrrole nitrogens is 1. The average Bonchev–Trinajstić information content (AvgIpc) is 2.55. The van der Waals surface area contributed by atoms with Crippen LogP contribution in [0.4, 0.5) is 0 Å². The minimum Gasteiger partial charge on any atom is -0.345 e. The predicted octanol–water partition coefficient (Wildman–Crippen LogP) is 2.13. The molecule has 5 rings (SSSR count). The van der Waals surface area contributed by atoms with Gasteiger partial charge in [-0.05, 0) is 47.9 Å². The van der Waals surface area contributed by atoms with Gasteiger partial charge >= 0.3 is 0 Å². The fourth-order valence-corrected chi connectivity index (χ4v) is 3.29. The molecular formula is C13H15N3. The molecule has 1 aromatic heterocycles. The Morgan fingerprint density at radius 1 is 1.06 bits per heavy atom. The van der Waals surface area contributed by atoms with Gasteiger partial charge in [-0.1, -0.05) is 0 Å². The number of fused-ring (bicyclic) bond motifs is 4. The van der Waals surface area contributed by atoms with E-state index in [0.717, 1.165) is 18.6 Å². The molecule has 1 saturated heterocycles. The van der Waals surface area contributed by atoms with E-state index >= 15 is 0 Å². The minimum absolute atomic E-state index is 0.704. The van der Waals surface area contributed by atoms with Gasteiger partial charge in [-0.25, -0.2) is 4.98 Å². The third-order valence-corrected chi connectivity index (χ3v) is 4.15. The summed E-state index contributed by atoms with van der Waals surface area (Å²) in [4.78, 5) is 7.58. The van der Waals surface area contributed by atoms with Crippen molar-refractivity contribution in [3.63, 3.8) is 0 Å². The van der Waals surface area contributed by atoms with Crippen LogP contribution >= 0.6 is 0 Å². The van der Waals surface area contributed by atoms with Gasteiger partial charge in [-0.3, -0.25) is 0 Å². The molecule has 2 aliphatic heterocycles. The highest BCUT2D eigenvalue weighted by Gasteiger charge is 2.30. The molecule has 3 nitrogen and oxygen atoms in total. The molecule has 16 heavy (non-hydrogen) atoms. The number of aromatic amines is 1. The van der Waals surface area contributed by atoms with Crippen LogP contribution in [0.25, 0.3) is 11.0 Å². The zero-order valence-electron chi connectivity index (χ0n) is 9.16. The van der Waals surface area contributed by atoms with Gasteiger partial charge in [0, 0.05) is 13.1 Å². The van der Waals surface area contributed by atoms with Gasteiger partial charge in [-0.15, -0.1) is 0 Å². The van der Waals surface area contributed by atoms with E-state index in [2.05, 4.69) is 27.4 Å². The lowest BCUT2D eigenvalue weighted by Crippen LogP contribution is -2.18. The molecule has 1 fully saturated rings.